The summed E-state index contributed by atoms with van der Waals surface area (Å²) in [4.78, 5) is 4.64. The average Bonchev–Trinajstić information content (AvgIpc) is 2.89. The third kappa shape index (κ3) is 4.77. The Labute approximate surface area is 119 Å². The highest BCUT2D eigenvalue weighted by molar-refractivity contribution is 7.09. The maximum absolute atomic E-state index is 4.64. The molecule has 3 heteroatoms. The second-order valence-corrected chi connectivity index (χ2v) is 6.00. The zero-order chi connectivity index (χ0) is 13.5. The van der Waals surface area contributed by atoms with Gasteiger partial charge in [0.2, 0.25) is 0 Å². The highest BCUT2D eigenvalue weighted by Crippen LogP contribution is 2.17. The van der Waals surface area contributed by atoms with Gasteiger partial charge in [-0.2, -0.15) is 0 Å². The number of aromatic nitrogens is 1. The molecule has 19 heavy (non-hydrogen) atoms. The summed E-state index contributed by atoms with van der Waals surface area (Å²) in [6, 6.07) is 10.6. The first kappa shape index (κ1) is 14.2. The summed E-state index contributed by atoms with van der Waals surface area (Å²) in [5.41, 5.74) is 2.62. The summed E-state index contributed by atoms with van der Waals surface area (Å²) in [6.07, 6.45) is 2.13. The number of thiazole rings is 1. The van der Waals surface area contributed by atoms with E-state index in [0.29, 0.717) is 5.92 Å². The molecule has 0 amide bonds. The van der Waals surface area contributed by atoms with Gasteiger partial charge < -0.3 is 5.32 Å². The number of hydrogen-bond acceptors (Lipinski definition) is 3. The molecule has 0 unspecified atom stereocenters. The molecule has 2 aromatic rings. The predicted octanol–water partition coefficient (Wildman–Crippen LogP) is 3.64. The van der Waals surface area contributed by atoms with Crippen LogP contribution in [0.4, 0.5) is 0 Å². The van der Waals surface area contributed by atoms with Gasteiger partial charge in [0.05, 0.1) is 10.7 Å². The van der Waals surface area contributed by atoms with Gasteiger partial charge in [-0.1, -0.05) is 44.2 Å². The summed E-state index contributed by atoms with van der Waals surface area (Å²) in [6.45, 7) is 6.43. The minimum absolute atomic E-state index is 0.538. The molecule has 2 nitrogen and oxygen atoms in total. The van der Waals surface area contributed by atoms with Crippen molar-refractivity contribution in [2.75, 3.05) is 13.1 Å². The van der Waals surface area contributed by atoms with Gasteiger partial charge >= 0.3 is 0 Å². The van der Waals surface area contributed by atoms with Crippen LogP contribution in [-0.2, 0) is 12.8 Å². The predicted molar refractivity (Wildman–Crippen MR) is 82.9 cm³/mol. The van der Waals surface area contributed by atoms with Crippen LogP contribution in [0.5, 0.6) is 0 Å². The summed E-state index contributed by atoms with van der Waals surface area (Å²) in [5.74, 6) is 0.538. The van der Waals surface area contributed by atoms with E-state index in [9.17, 15) is 0 Å². The molecule has 102 valence electrons. The van der Waals surface area contributed by atoms with E-state index in [-0.39, 0.29) is 0 Å². The van der Waals surface area contributed by atoms with Crippen LogP contribution < -0.4 is 5.32 Å². The highest BCUT2D eigenvalue weighted by Gasteiger charge is 2.04. The Morgan fingerprint density at radius 1 is 1.11 bits per heavy atom. The third-order valence-electron chi connectivity index (χ3n) is 3.11. The third-order valence-corrected chi connectivity index (χ3v) is 4.04. The lowest BCUT2D eigenvalue weighted by Gasteiger charge is -2.03. The summed E-state index contributed by atoms with van der Waals surface area (Å²) in [7, 11) is 0. The van der Waals surface area contributed by atoms with Crippen LogP contribution in [-0.4, -0.2) is 18.1 Å². The van der Waals surface area contributed by atoms with E-state index in [4.69, 9.17) is 0 Å². The maximum atomic E-state index is 4.64. The smallest absolute Gasteiger partial charge is 0.0941 e. The normalized spacial score (nSPS) is 11.1. The van der Waals surface area contributed by atoms with E-state index in [1.165, 1.54) is 16.3 Å². The molecule has 1 heterocycles. The lowest BCUT2D eigenvalue weighted by atomic mass is 10.1. The molecule has 0 radical (unpaired) electrons. The SMILES string of the molecule is CC(C)c1csc(CCNCCc2ccccc2)n1. The lowest BCUT2D eigenvalue weighted by molar-refractivity contribution is 0.678. The summed E-state index contributed by atoms with van der Waals surface area (Å²) < 4.78 is 0. The lowest BCUT2D eigenvalue weighted by Crippen LogP contribution is -2.20. The van der Waals surface area contributed by atoms with Crippen LogP contribution in [0, 0.1) is 0 Å². The quantitative estimate of drug-likeness (QED) is 0.780. The molecule has 1 aromatic carbocycles. The van der Waals surface area contributed by atoms with Gasteiger partial charge in [0.15, 0.2) is 0 Å². The van der Waals surface area contributed by atoms with Crippen molar-refractivity contribution in [2.45, 2.75) is 32.6 Å². The minimum atomic E-state index is 0.538. The van der Waals surface area contributed by atoms with E-state index < -0.39 is 0 Å². The fraction of sp³-hybridized carbons (Fsp3) is 0.438. The zero-order valence-corrected chi connectivity index (χ0v) is 12.5. The van der Waals surface area contributed by atoms with Crippen LogP contribution >= 0.6 is 11.3 Å². The number of benzene rings is 1. The van der Waals surface area contributed by atoms with Crippen molar-refractivity contribution in [3.8, 4) is 0 Å². The standard InChI is InChI=1S/C16H22N2S/c1-13(2)15-12-19-16(18-15)9-11-17-10-8-14-6-4-3-5-7-14/h3-7,12-13,17H,8-11H2,1-2H3. The molecule has 1 aromatic heterocycles. The Morgan fingerprint density at radius 3 is 2.53 bits per heavy atom. The Kier molecular flexibility index (Phi) is 5.55. The monoisotopic (exact) mass is 274 g/mol. The highest BCUT2D eigenvalue weighted by atomic mass is 32.1. The van der Waals surface area contributed by atoms with Gasteiger partial charge in [-0.25, -0.2) is 4.98 Å². The van der Waals surface area contributed by atoms with E-state index in [1.807, 2.05) is 0 Å². The number of rotatable bonds is 7. The van der Waals surface area contributed by atoms with Crippen LogP contribution in [0.3, 0.4) is 0 Å². The topological polar surface area (TPSA) is 24.9 Å². The zero-order valence-electron chi connectivity index (χ0n) is 11.7. The molecule has 0 fully saturated rings. The Bertz CT molecular complexity index is 477. The molecule has 1 N–H and O–H groups in total. The van der Waals surface area contributed by atoms with Crippen molar-refractivity contribution in [3.63, 3.8) is 0 Å². The first-order chi connectivity index (χ1) is 9.25. The molecule has 0 atom stereocenters. The molecular weight excluding hydrogens is 252 g/mol. The van der Waals surface area contributed by atoms with Crippen molar-refractivity contribution in [1.82, 2.24) is 10.3 Å². The van der Waals surface area contributed by atoms with Gasteiger partial charge in [-0.05, 0) is 24.4 Å². The Morgan fingerprint density at radius 2 is 1.84 bits per heavy atom. The van der Waals surface area contributed by atoms with Crippen LogP contribution in [0.2, 0.25) is 0 Å². The first-order valence-electron chi connectivity index (χ1n) is 6.94. The number of nitrogens with zero attached hydrogens (tertiary/aromatic N) is 1. The molecule has 2 rings (SSSR count). The first-order valence-corrected chi connectivity index (χ1v) is 7.82. The van der Waals surface area contributed by atoms with E-state index in [0.717, 1.165) is 25.9 Å². The number of nitrogens with one attached hydrogen (secondary N) is 1. The number of hydrogen-bond donors (Lipinski definition) is 1. The molecule has 0 aliphatic rings. The molecule has 0 bridgehead atoms. The maximum Gasteiger partial charge on any atom is 0.0941 e. The molecule has 0 aliphatic carbocycles. The second kappa shape index (κ2) is 7.41. The van der Waals surface area contributed by atoms with Crippen LogP contribution in [0.15, 0.2) is 35.7 Å². The van der Waals surface area contributed by atoms with Gasteiger partial charge in [0.1, 0.15) is 0 Å². The Hall–Kier alpha value is -1.19. The molecule has 0 saturated carbocycles. The van der Waals surface area contributed by atoms with Gasteiger partial charge in [0.25, 0.3) is 0 Å². The minimum Gasteiger partial charge on any atom is -0.316 e. The van der Waals surface area contributed by atoms with Crippen LogP contribution in [0.1, 0.15) is 36.0 Å². The van der Waals surface area contributed by atoms with Crippen molar-refractivity contribution < 1.29 is 0 Å². The molecular formula is C16H22N2S. The van der Waals surface area contributed by atoms with Crippen molar-refractivity contribution in [3.05, 3.63) is 52.0 Å². The second-order valence-electron chi connectivity index (χ2n) is 5.06. The molecule has 0 saturated heterocycles. The molecule has 0 spiro atoms. The fourth-order valence-corrected chi connectivity index (χ4v) is 2.86. The Balaban J connectivity index is 1.64. The van der Waals surface area contributed by atoms with Crippen molar-refractivity contribution in [2.24, 2.45) is 0 Å². The summed E-state index contributed by atoms with van der Waals surface area (Å²) >= 11 is 1.78. The average molecular weight is 274 g/mol. The van der Waals surface area contributed by atoms with Gasteiger partial charge in [0, 0.05) is 18.3 Å². The molecule has 0 aliphatic heterocycles. The summed E-state index contributed by atoms with van der Waals surface area (Å²) in [5, 5.41) is 6.92. The van der Waals surface area contributed by atoms with E-state index >= 15 is 0 Å². The van der Waals surface area contributed by atoms with Crippen LogP contribution in [0.25, 0.3) is 0 Å². The van der Waals surface area contributed by atoms with E-state index in [2.05, 4.69) is 59.9 Å². The van der Waals surface area contributed by atoms with Gasteiger partial charge in [-0.3, -0.25) is 0 Å². The van der Waals surface area contributed by atoms with Crippen molar-refractivity contribution >= 4 is 11.3 Å². The van der Waals surface area contributed by atoms with Crippen molar-refractivity contribution in [1.29, 1.82) is 0 Å². The largest absolute Gasteiger partial charge is 0.316 e. The fourth-order valence-electron chi connectivity index (χ4n) is 1.90. The van der Waals surface area contributed by atoms with Gasteiger partial charge in [-0.15, -0.1) is 11.3 Å². The van der Waals surface area contributed by atoms with E-state index in [1.54, 1.807) is 11.3 Å².